The van der Waals surface area contributed by atoms with Gasteiger partial charge in [-0.05, 0) is 28.1 Å². The van der Waals surface area contributed by atoms with E-state index >= 15 is 0 Å². The summed E-state index contributed by atoms with van der Waals surface area (Å²) in [7, 11) is 0. The van der Waals surface area contributed by atoms with Crippen LogP contribution in [0, 0.1) is 0 Å². The fourth-order valence-corrected chi connectivity index (χ4v) is 1.93. The van der Waals surface area contributed by atoms with E-state index in [1.165, 1.54) is 12.1 Å². The molecule has 0 spiro atoms. The number of fused-ring (bicyclic) bond motifs is 1. The lowest BCUT2D eigenvalue weighted by molar-refractivity contribution is 0.114. The van der Waals surface area contributed by atoms with Gasteiger partial charge in [-0.2, -0.15) is 8.78 Å². The van der Waals surface area contributed by atoms with Gasteiger partial charge in [0.1, 0.15) is 0 Å². The van der Waals surface area contributed by atoms with E-state index < -0.39 is 4.83 Å². The molecular formula is C8H4BrClF2O2. The molecule has 0 N–H and O–H groups in total. The third kappa shape index (κ3) is 1.54. The van der Waals surface area contributed by atoms with E-state index in [0.29, 0.717) is 5.75 Å². The highest BCUT2D eigenvalue weighted by atomic mass is 79.9. The van der Waals surface area contributed by atoms with Crippen LogP contribution < -0.4 is 9.47 Å². The molecule has 76 valence electrons. The maximum absolute atomic E-state index is 12.9. The molecule has 1 aromatic carbocycles. The zero-order valence-electron chi connectivity index (χ0n) is 6.69. The molecule has 14 heavy (non-hydrogen) atoms. The van der Waals surface area contributed by atoms with Gasteiger partial charge < -0.3 is 9.47 Å². The minimum atomic E-state index is -3.16. The van der Waals surface area contributed by atoms with E-state index in [2.05, 4.69) is 15.9 Å². The summed E-state index contributed by atoms with van der Waals surface area (Å²) in [6.07, 6.45) is 0. The van der Waals surface area contributed by atoms with Gasteiger partial charge in [0, 0.05) is 0 Å². The van der Waals surface area contributed by atoms with E-state index in [-0.39, 0.29) is 23.1 Å². The maximum atomic E-state index is 12.9. The van der Waals surface area contributed by atoms with Gasteiger partial charge >= 0.3 is 4.83 Å². The topological polar surface area (TPSA) is 18.5 Å². The third-order valence-corrected chi connectivity index (χ3v) is 2.59. The van der Waals surface area contributed by atoms with Crippen LogP contribution in [-0.2, 0) is 4.83 Å². The average Bonchev–Trinajstić information content (AvgIpc) is 2.50. The van der Waals surface area contributed by atoms with Crippen molar-refractivity contribution in [3.05, 3.63) is 22.7 Å². The molecular weight excluding hydrogens is 281 g/mol. The van der Waals surface area contributed by atoms with Crippen molar-refractivity contribution in [2.45, 2.75) is 4.83 Å². The Morgan fingerprint density at radius 3 is 2.71 bits per heavy atom. The van der Waals surface area contributed by atoms with Crippen LogP contribution >= 0.6 is 27.5 Å². The zero-order chi connectivity index (χ0) is 10.3. The number of hydrogen-bond donors (Lipinski definition) is 0. The second kappa shape index (κ2) is 3.24. The molecule has 0 radical (unpaired) electrons. The van der Waals surface area contributed by atoms with Crippen LogP contribution in [0.1, 0.15) is 5.56 Å². The molecule has 0 aromatic heterocycles. The molecule has 1 aliphatic rings. The first-order chi connectivity index (χ1) is 6.50. The number of benzene rings is 1. The van der Waals surface area contributed by atoms with Crippen LogP contribution in [0.5, 0.6) is 11.5 Å². The van der Waals surface area contributed by atoms with E-state index in [1.54, 1.807) is 0 Å². The first-order valence-electron chi connectivity index (χ1n) is 3.65. The van der Waals surface area contributed by atoms with Crippen LogP contribution in [0.2, 0.25) is 5.02 Å². The largest absolute Gasteiger partial charge is 0.454 e. The Morgan fingerprint density at radius 2 is 2.07 bits per heavy atom. The fraction of sp³-hybridized carbons (Fsp3) is 0.250. The van der Waals surface area contributed by atoms with Crippen LogP contribution in [-0.4, -0.2) is 6.79 Å². The van der Waals surface area contributed by atoms with Crippen molar-refractivity contribution in [2.24, 2.45) is 0 Å². The Kier molecular flexibility index (Phi) is 2.31. The number of rotatable bonds is 1. The van der Waals surface area contributed by atoms with E-state index in [9.17, 15) is 8.78 Å². The number of halogens is 4. The molecule has 0 amide bonds. The number of alkyl halides is 3. The number of ether oxygens (including phenoxy) is 2. The van der Waals surface area contributed by atoms with Gasteiger partial charge in [-0.25, -0.2) is 0 Å². The van der Waals surface area contributed by atoms with Crippen molar-refractivity contribution < 1.29 is 18.3 Å². The Morgan fingerprint density at radius 1 is 1.36 bits per heavy atom. The van der Waals surface area contributed by atoms with Crippen LogP contribution in [0.25, 0.3) is 0 Å². The van der Waals surface area contributed by atoms with Gasteiger partial charge in [0.2, 0.25) is 6.79 Å². The molecule has 0 saturated carbocycles. The summed E-state index contributed by atoms with van der Waals surface area (Å²) in [6.45, 7) is 0.00631. The monoisotopic (exact) mass is 284 g/mol. The Labute approximate surface area is 91.9 Å². The minimum Gasteiger partial charge on any atom is -0.454 e. The molecule has 1 aromatic rings. The van der Waals surface area contributed by atoms with Crippen molar-refractivity contribution >= 4 is 27.5 Å². The lowest BCUT2D eigenvalue weighted by Gasteiger charge is -2.11. The summed E-state index contributed by atoms with van der Waals surface area (Å²) in [5.74, 6) is 0.554. The average molecular weight is 285 g/mol. The normalized spacial score (nSPS) is 14.6. The van der Waals surface area contributed by atoms with E-state index in [4.69, 9.17) is 21.1 Å². The van der Waals surface area contributed by atoms with Crippen molar-refractivity contribution in [1.82, 2.24) is 0 Å². The minimum absolute atomic E-state index is 0.00631. The predicted octanol–water partition coefficient (Wildman–Crippen LogP) is 3.51. The second-order valence-corrected chi connectivity index (χ2v) is 4.03. The SMILES string of the molecule is FC(F)(Br)c1ccc2c(c1Cl)OCO2. The third-order valence-electron chi connectivity index (χ3n) is 1.78. The summed E-state index contributed by atoms with van der Waals surface area (Å²) >= 11 is 7.96. The molecule has 2 nitrogen and oxygen atoms in total. The highest BCUT2D eigenvalue weighted by molar-refractivity contribution is 9.09. The highest BCUT2D eigenvalue weighted by Crippen LogP contribution is 2.47. The lowest BCUT2D eigenvalue weighted by atomic mass is 10.2. The zero-order valence-corrected chi connectivity index (χ0v) is 9.03. The molecule has 2 rings (SSSR count). The Hall–Kier alpha value is -0.550. The quantitative estimate of drug-likeness (QED) is 0.735. The molecule has 6 heteroatoms. The lowest BCUT2D eigenvalue weighted by Crippen LogP contribution is -2.03. The molecule has 0 aliphatic carbocycles. The van der Waals surface area contributed by atoms with Crippen LogP contribution in [0.3, 0.4) is 0 Å². The first-order valence-corrected chi connectivity index (χ1v) is 4.82. The van der Waals surface area contributed by atoms with Gasteiger partial charge in [0.25, 0.3) is 0 Å². The summed E-state index contributed by atoms with van der Waals surface area (Å²) in [5.41, 5.74) is -0.330. The molecule has 1 aliphatic heterocycles. The molecule has 0 saturated heterocycles. The van der Waals surface area contributed by atoms with Gasteiger partial charge in [-0.15, -0.1) is 0 Å². The van der Waals surface area contributed by atoms with Gasteiger partial charge in [-0.1, -0.05) is 11.6 Å². The highest BCUT2D eigenvalue weighted by Gasteiger charge is 2.33. The first kappa shape index (κ1) is 9.98. The maximum Gasteiger partial charge on any atom is 0.328 e. The van der Waals surface area contributed by atoms with Gasteiger partial charge in [-0.3, -0.25) is 0 Å². The standard InChI is InChI=1S/C8H4BrClF2O2/c9-8(11,12)4-1-2-5-7(6(4)10)14-3-13-5/h1-2H,3H2. The van der Waals surface area contributed by atoms with Crippen molar-refractivity contribution in [1.29, 1.82) is 0 Å². The van der Waals surface area contributed by atoms with Gasteiger partial charge in [0.15, 0.2) is 11.5 Å². The molecule has 1 heterocycles. The number of hydrogen-bond acceptors (Lipinski definition) is 2. The van der Waals surface area contributed by atoms with Crippen LogP contribution in [0.15, 0.2) is 12.1 Å². The van der Waals surface area contributed by atoms with E-state index in [1.807, 2.05) is 0 Å². The Bertz CT molecular complexity index is 378. The molecule has 0 bridgehead atoms. The van der Waals surface area contributed by atoms with Gasteiger partial charge in [0.05, 0.1) is 10.6 Å². The van der Waals surface area contributed by atoms with Crippen molar-refractivity contribution in [2.75, 3.05) is 6.79 Å². The van der Waals surface area contributed by atoms with Crippen LogP contribution in [0.4, 0.5) is 8.78 Å². The van der Waals surface area contributed by atoms with Crippen molar-refractivity contribution in [3.8, 4) is 11.5 Å². The smallest absolute Gasteiger partial charge is 0.328 e. The molecule has 0 atom stereocenters. The summed E-state index contributed by atoms with van der Waals surface area (Å²) in [5, 5.41) is -0.123. The summed E-state index contributed by atoms with van der Waals surface area (Å²) in [4.78, 5) is -3.16. The second-order valence-electron chi connectivity index (χ2n) is 2.66. The molecule has 0 unspecified atom stereocenters. The predicted molar refractivity (Wildman–Crippen MR) is 50.4 cm³/mol. The Balaban J connectivity index is 2.56. The fourth-order valence-electron chi connectivity index (χ4n) is 1.16. The summed E-state index contributed by atoms with van der Waals surface area (Å²) < 4.78 is 35.8. The van der Waals surface area contributed by atoms with E-state index in [0.717, 1.165) is 0 Å². The molecule has 0 fully saturated rings. The van der Waals surface area contributed by atoms with Crippen molar-refractivity contribution in [3.63, 3.8) is 0 Å². The summed E-state index contributed by atoms with van der Waals surface area (Å²) in [6, 6.07) is 2.60.